The first-order chi connectivity index (χ1) is 29.8. The molecule has 61 heavy (non-hydrogen) atoms. The van der Waals surface area contributed by atoms with Crippen molar-refractivity contribution in [2.45, 2.75) is 6.18 Å². The molecular weight excluding hydrogens is 766 g/mol. The van der Waals surface area contributed by atoms with Gasteiger partial charge in [0.1, 0.15) is 0 Å². The molecule has 3 aromatic heterocycles. The van der Waals surface area contributed by atoms with Crippen LogP contribution >= 0.6 is 0 Å². The number of hydrogen-bond acceptors (Lipinski definition) is 5. The highest BCUT2D eigenvalue weighted by Crippen LogP contribution is 2.43. The van der Waals surface area contributed by atoms with Gasteiger partial charge < -0.3 is 4.57 Å². The summed E-state index contributed by atoms with van der Waals surface area (Å²) in [6, 6.07) is 59.6. The van der Waals surface area contributed by atoms with Crippen molar-refractivity contribution in [1.82, 2.24) is 24.5 Å². The van der Waals surface area contributed by atoms with E-state index in [1.807, 2.05) is 162 Å². The van der Waals surface area contributed by atoms with E-state index < -0.39 is 11.7 Å². The van der Waals surface area contributed by atoms with Crippen molar-refractivity contribution < 1.29 is 13.2 Å². The Morgan fingerprint density at radius 3 is 1.23 bits per heavy atom. The molecule has 0 N–H and O–H groups in total. The summed E-state index contributed by atoms with van der Waals surface area (Å²) in [6.45, 7) is 0. The van der Waals surface area contributed by atoms with E-state index in [9.17, 15) is 18.4 Å². The summed E-state index contributed by atoms with van der Waals surface area (Å²) in [6.07, 6.45) is -4.62. The molecule has 9 heteroatoms. The zero-order valence-corrected chi connectivity index (χ0v) is 32.2. The fraction of sp³-hybridized carbons (Fsp3) is 0.0192. The Balaban J connectivity index is 1.38. The van der Waals surface area contributed by atoms with E-state index >= 15 is 0 Å². The van der Waals surface area contributed by atoms with Gasteiger partial charge in [-0.3, -0.25) is 0 Å². The molecule has 0 saturated heterocycles. The topological polar surface area (TPSA) is 80.3 Å². The molecule has 6 nitrogen and oxygen atoms in total. The van der Waals surface area contributed by atoms with Crippen molar-refractivity contribution in [3.8, 4) is 79.6 Å². The molecule has 0 bridgehead atoms. The van der Waals surface area contributed by atoms with Gasteiger partial charge in [-0.2, -0.15) is 18.4 Å². The van der Waals surface area contributed by atoms with E-state index in [-0.39, 0.29) is 17.2 Å². The minimum absolute atomic E-state index is 0.258. The Morgan fingerprint density at radius 2 is 0.820 bits per heavy atom. The summed E-state index contributed by atoms with van der Waals surface area (Å²) in [4.78, 5) is 20.7. The molecule has 0 atom stereocenters. The van der Waals surface area contributed by atoms with Crippen LogP contribution in [0.3, 0.4) is 0 Å². The predicted octanol–water partition coefficient (Wildman–Crippen LogP) is 13.3. The monoisotopic (exact) mass is 796 g/mol. The van der Waals surface area contributed by atoms with Gasteiger partial charge in [0.15, 0.2) is 11.6 Å². The molecule has 0 saturated carbocycles. The van der Waals surface area contributed by atoms with E-state index in [0.29, 0.717) is 56.0 Å². The average Bonchev–Trinajstić information content (AvgIpc) is 3.65. The van der Waals surface area contributed by atoms with Crippen molar-refractivity contribution in [3.63, 3.8) is 0 Å². The van der Waals surface area contributed by atoms with Crippen LogP contribution in [0.15, 0.2) is 188 Å². The van der Waals surface area contributed by atoms with Crippen molar-refractivity contribution in [3.05, 3.63) is 199 Å². The number of hydrogen-bond donors (Lipinski definition) is 0. The first kappa shape index (κ1) is 37.1. The summed E-state index contributed by atoms with van der Waals surface area (Å²) in [5.41, 5.74) is 7.42. The molecule has 3 heterocycles. The molecule has 0 aliphatic heterocycles. The van der Waals surface area contributed by atoms with Gasteiger partial charge in [0.2, 0.25) is 0 Å². The van der Waals surface area contributed by atoms with Gasteiger partial charge >= 0.3 is 6.18 Å². The molecular formula is C52H31F3N6. The minimum atomic E-state index is -4.62. The Labute approximate surface area is 348 Å². The van der Waals surface area contributed by atoms with Crippen LogP contribution < -0.4 is 0 Å². The third kappa shape index (κ3) is 6.96. The Kier molecular flexibility index (Phi) is 9.23. The highest BCUT2D eigenvalue weighted by molar-refractivity contribution is 6.10. The number of alkyl halides is 3. The van der Waals surface area contributed by atoms with E-state index in [1.54, 1.807) is 12.1 Å². The number of rotatable bonds is 7. The molecule has 10 aromatic rings. The molecule has 0 amide bonds. The lowest BCUT2D eigenvalue weighted by Gasteiger charge is -2.20. The van der Waals surface area contributed by atoms with Crippen LogP contribution in [-0.4, -0.2) is 24.5 Å². The maximum Gasteiger partial charge on any atom is 0.416 e. The molecule has 0 fully saturated rings. The van der Waals surface area contributed by atoms with Gasteiger partial charge in [-0.1, -0.05) is 146 Å². The molecule has 0 unspecified atom stereocenters. The molecule has 0 aliphatic rings. The second kappa shape index (κ2) is 15.2. The standard InChI is InChI=1S/C52H31F3N6/c53-52(54,55)38-25-26-40-39-23-13-14-24-47(39)61(48(40)29-38)49-41(50-57-43(34-15-5-1-6-16-34)30-44(58-50)35-17-7-2-8-18-35)27-33(32-56)28-42(49)51-59-45(36-19-9-3-10-20-36)31-46(60-51)37-21-11-4-12-22-37/h1-31H. The number of para-hydroxylation sites is 1. The maximum absolute atomic E-state index is 14.6. The molecule has 0 radical (unpaired) electrons. The molecule has 10 rings (SSSR count). The van der Waals surface area contributed by atoms with Crippen molar-refractivity contribution >= 4 is 21.8 Å². The van der Waals surface area contributed by atoms with Crippen LogP contribution in [0.4, 0.5) is 13.2 Å². The van der Waals surface area contributed by atoms with Crippen molar-refractivity contribution in [2.24, 2.45) is 0 Å². The highest BCUT2D eigenvalue weighted by atomic mass is 19.4. The minimum Gasteiger partial charge on any atom is -0.308 e. The van der Waals surface area contributed by atoms with Crippen LogP contribution in [0.2, 0.25) is 0 Å². The summed E-state index contributed by atoms with van der Waals surface area (Å²) in [5.74, 6) is 0.517. The molecule has 0 aliphatic carbocycles. The average molecular weight is 797 g/mol. The van der Waals surface area contributed by atoms with Crippen LogP contribution in [0.1, 0.15) is 11.1 Å². The quantitative estimate of drug-likeness (QED) is 0.160. The van der Waals surface area contributed by atoms with Crippen LogP contribution in [0, 0.1) is 11.3 Å². The van der Waals surface area contributed by atoms with Gasteiger partial charge in [-0.25, -0.2) is 19.9 Å². The van der Waals surface area contributed by atoms with E-state index in [4.69, 9.17) is 19.9 Å². The van der Waals surface area contributed by atoms with Gasteiger partial charge in [-0.05, 0) is 42.5 Å². The second-order valence-electron chi connectivity index (χ2n) is 14.5. The fourth-order valence-electron chi connectivity index (χ4n) is 7.83. The molecule has 7 aromatic carbocycles. The van der Waals surface area contributed by atoms with Crippen molar-refractivity contribution in [1.29, 1.82) is 5.26 Å². The second-order valence-corrected chi connectivity index (χ2v) is 14.5. The predicted molar refractivity (Wildman–Crippen MR) is 234 cm³/mol. The number of fused-ring (bicyclic) bond motifs is 3. The number of aromatic nitrogens is 5. The van der Waals surface area contributed by atoms with E-state index in [2.05, 4.69) is 6.07 Å². The SMILES string of the molecule is N#Cc1cc(-c2nc(-c3ccccc3)cc(-c3ccccc3)n2)c(-n2c3ccccc3c3ccc(C(F)(F)F)cc32)c(-c2nc(-c3ccccc3)cc(-c3ccccc3)n2)c1. The zero-order valence-electron chi connectivity index (χ0n) is 32.2. The van der Waals surface area contributed by atoms with Crippen molar-refractivity contribution in [2.75, 3.05) is 0 Å². The van der Waals surface area contributed by atoms with Gasteiger partial charge in [0.25, 0.3) is 0 Å². The summed E-state index contributed by atoms with van der Waals surface area (Å²) >= 11 is 0. The number of halogens is 3. The Morgan fingerprint density at radius 1 is 0.426 bits per heavy atom. The zero-order chi connectivity index (χ0) is 41.5. The number of nitriles is 1. The van der Waals surface area contributed by atoms with Crippen LogP contribution in [0.5, 0.6) is 0 Å². The molecule has 0 spiro atoms. The third-order valence-electron chi connectivity index (χ3n) is 10.7. The van der Waals surface area contributed by atoms with E-state index in [0.717, 1.165) is 33.7 Å². The lowest BCUT2D eigenvalue weighted by Crippen LogP contribution is -2.08. The smallest absolute Gasteiger partial charge is 0.308 e. The lowest BCUT2D eigenvalue weighted by atomic mass is 9.99. The highest BCUT2D eigenvalue weighted by Gasteiger charge is 2.32. The van der Waals surface area contributed by atoms with Crippen LogP contribution in [-0.2, 0) is 6.18 Å². The fourth-order valence-corrected chi connectivity index (χ4v) is 7.83. The van der Waals surface area contributed by atoms with Gasteiger partial charge in [-0.15, -0.1) is 0 Å². The third-order valence-corrected chi connectivity index (χ3v) is 10.7. The normalized spacial score (nSPS) is 11.5. The molecule has 290 valence electrons. The number of benzene rings is 7. The lowest BCUT2D eigenvalue weighted by molar-refractivity contribution is -0.137. The van der Waals surface area contributed by atoms with Crippen LogP contribution in [0.25, 0.3) is 95.3 Å². The first-order valence-electron chi connectivity index (χ1n) is 19.5. The number of nitrogens with zero attached hydrogens (tertiary/aromatic N) is 6. The summed E-state index contributed by atoms with van der Waals surface area (Å²) < 4.78 is 45.7. The Hall–Kier alpha value is -8.22. The summed E-state index contributed by atoms with van der Waals surface area (Å²) in [7, 11) is 0. The van der Waals surface area contributed by atoms with Gasteiger partial charge in [0, 0.05) is 44.2 Å². The largest absolute Gasteiger partial charge is 0.416 e. The van der Waals surface area contributed by atoms with Gasteiger partial charge in [0.05, 0.1) is 56.7 Å². The van der Waals surface area contributed by atoms with E-state index in [1.165, 1.54) is 12.1 Å². The Bertz CT molecular complexity index is 3020. The first-order valence-corrected chi connectivity index (χ1v) is 19.5. The maximum atomic E-state index is 14.6. The summed E-state index contributed by atoms with van der Waals surface area (Å²) in [5, 5.41) is 12.1.